The second-order valence-corrected chi connectivity index (χ2v) is 8.31. The number of hydrogen-bond donors (Lipinski definition) is 0. The van der Waals surface area contributed by atoms with Gasteiger partial charge < -0.3 is 4.42 Å². The maximum atomic E-state index is 13.1. The third-order valence-corrected chi connectivity index (χ3v) is 6.02. The molecular weight excluding hydrogens is 440 g/mol. The Morgan fingerprint density at radius 1 is 1.04 bits per heavy atom. The van der Waals surface area contributed by atoms with Crippen LogP contribution in [0.15, 0.2) is 63.9 Å². The maximum Gasteiger partial charge on any atom is 0.270 e. The van der Waals surface area contributed by atoms with Gasteiger partial charge >= 0.3 is 0 Å². The molecule has 0 radical (unpaired) electrons. The molecule has 0 N–H and O–H groups in total. The lowest BCUT2D eigenvalue weighted by atomic mass is 10.2. The number of thiocarbonyl (C=S) groups is 1. The molecule has 2 heterocycles. The van der Waals surface area contributed by atoms with E-state index >= 15 is 0 Å². The van der Waals surface area contributed by atoms with Crippen LogP contribution in [0.4, 0.5) is 10.1 Å². The number of nitrogens with zero attached hydrogens (tertiary/aromatic N) is 1. The smallest absolute Gasteiger partial charge is 0.270 e. The molecule has 3 nitrogen and oxygen atoms in total. The molecule has 8 heteroatoms. The highest BCUT2D eigenvalue weighted by molar-refractivity contribution is 8.27. The summed E-state index contributed by atoms with van der Waals surface area (Å²) in [6.07, 6.45) is 1.63. The van der Waals surface area contributed by atoms with Crippen LogP contribution >= 0.6 is 47.2 Å². The zero-order valence-corrected chi connectivity index (χ0v) is 17.1. The molecule has 2 aromatic carbocycles. The summed E-state index contributed by atoms with van der Waals surface area (Å²) < 4.78 is 19.3. The largest absolute Gasteiger partial charge is 0.457 e. The van der Waals surface area contributed by atoms with Crippen molar-refractivity contribution in [3.8, 4) is 11.3 Å². The number of carbonyl (C=O) groups is 1. The van der Waals surface area contributed by atoms with Gasteiger partial charge in [0.2, 0.25) is 0 Å². The van der Waals surface area contributed by atoms with E-state index in [4.69, 9.17) is 39.8 Å². The van der Waals surface area contributed by atoms with E-state index in [2.05, 4.69) is 0 Å². The number of carbonyl (C=O) groups excluding carboxylic acids is 1. The van der Waals surface area contributed by atoms with Gasteiger partial charge in [-0.3, -0.25) is 9.69 Å². The second kappa shape index (κ2) is 7.72. The van der Waals surface area contributed by atoms with Gasteiger partial charge in [-0.1, -0.05) is 47.2 Å². The van der Waals surface area contributed by atoms with Crippen LogP contribution in [0.5, 0.6) is 0 Å². The zero-order valence-electron chi connectivity index (χ0n) is 14.0. The van der Waals surface area contributed by atoms with Crippen LogP contribution in [0.25, 0.3) is 17.4 Å². The molecule has 1 amide bonds. The molecule has 1 saturated heterocycles. The highest BCUT2D eigenvalue weighted by Crippen LogP contribution is 2.37. The van der Waals surface area contributed by atoms with Crippen molar-refractivity contribution in [1.82, 2.24) is 0 Å². The summed E-state index contributed by atoms with van der Waals surface area (Å²) in [4.78, 5) is 14.5. The van der Waals surface area contributed by atoms with Crippen LogP contribution in [-0.4, -0.2) is 10.2 Å². The van der Waals surface area contributed by atoms with Crippen LogP contribution in [0.3, 0.4) is 0 Å². The summed E-state index contributed by atoms with van der Waals surface area (Å²) in [5.41, 5.74) is 1.29. The molecule has 1 fully saturated rings. The molecule has 0 spiro atoms. The Balaban J connectivity index is 1.60. The van der Waals surface area contributed by atoms with Gasteiger partial charge in [0.1, 0.15) is 17.3 Å². The highest BCUT2D eigenvalue weighted by atomic mass is 35.5. The summed E-state index contributed by atoms with van der Waals surface area (Å²) >= 11 is 18.5. The van der Waals surface area contributed by atoms with Crippen molar-refractivity contribution in [3.63, 3.8) is 0 Å². The molecule has 140 valence electrons. The second-order valence-electron chi connectivity index (χ2n) is 5.82. The van der Waals surface area contributed by atoms with Gasteiger partial charge in [-0.05, 0) is 54.6 Å². The Kier molecular flexibility index (Phi) is 5.29. The molecule has 0 saturated carbocycles. The average molecular weight is 450 g/mol. The van der Waals surface area contributed by atoms with Crippen molar-refractivity contribution < 1.29 is 13.6 Å². The number of furan rings is 1. The third-order valence-electron chi connectivity index (χ3n) is 3.98. The molecule has 28 heavy (non-hydrogen) atoms. The zero-order chi connectivity index (χ0) is 19.8. The van der Waals surface area contributed by atoms with Crippen molar-refractivity contribution in [3.05, 3.63) is 81.1 Å². The topological polar surface area (TPSA) is 33.5 Å². The molecular formula is C20H10Cl2FNO2S2. The van der Waals surface area contributed by atoms with E-state index in [0.29, 0.717) is 36.5 Å². The van der Waals surface area contributed by atoms with Crippen molar-refractivity contribution in [2.75, 3.05) is 4.90 Å². The van der Waals surface area contributed by atoms with Gasteiger partial charge in [-0.25, -0.2) is 4.39 Å². The first-order valence-corrected chi connectivity index (χ1v) is 9.99. The summed E-state index contributed by atoms with van der Waals surface area (Å²) in [5, 5.41) is 0.888. The summed E-state index contributed by atoms with van der Waals surface area (Å²) in [7, 11) is 0. The fraction of sp³-hybridized carbons (Fsp3) is 0. The maximum absolute atomic E-state index is 13.1. The van der Waals surface area contributed by atoms with Crippen molar-refractivity contribution >= 4 is 69.2 Å². The number of benzene rings is 2. The van der Waals surface area contributed by atoms with Crippen LogP contribution in [0.1, 0.15) is 5.76 Å². The third kappa shape index (κ3) is 3.73. The van der Waals surface area contributed by atoms with Crippen molar-refractivity contribution in [1.29, 1.82) is 0 Å². The van der Waals surface area contributed by atoms with Gasteiger partial charge in [-0.15, -0.1) is 0 Å². The Hall–Kier alpha value is -2.12. The molecule has 0 bridgehead atoms. The van der Waals surface area contributed by atoms with Crippen LogP contribution in [0, 0.1) is 5.82 Å². The molecule has 0 atom stereocenters. The number of rotatable bonds is 3. The minimum Gasteiger partial charge on any atom is -0.457 e. The Morgan fingerprint density at radius 2 is 1.79 bits per heavy atom. The Bertz CT molecular complexity index is 1130. The number of amides is 1. The van der Waals surface area contributed by atoms with Gasteiger partial charge in [0.15, 0.2) is 4.32 Å². The fourth-order valence-corrected chi connectivity index (χ4v) is 4.22. The molecule has 0 unspecified atom stereocenters. The lowest BCUT2D eigenvalue weighted by molar-refractivity contribution is -0.113. The first-order chi connectivity index (χ1) is 13.4. The van der Waals surface area contributed by atoms with Gasteiger partial charge in [-0.2, -0.15) is 0 Å². The highest BCUT2D eigenvalue weighted by Gasteiger charge is 2.33. The Labute approximate surface area is 179 Å². The average Bonchev–Trinajstić information content (AvgIpc) is 3.24. The summed E-state index contributed by atoms with van der Waals surface area (Å²) in [6, 6.07) is 14.3. The molecule has 1 aliphatic rings. The molecule has 1 aromatic heterocycles. The molecule has 4 rings (SSSR count). The van der Waals surface area contributed by atoms with E-state index in [9.17, 15) is 9.18 Å². The number of hydrogen-bond acceptors (Lipinski definition) is 4. The lowest BCUT2D eigenvalue weighted by Crippen LogP contribution is -2.27. The van der Waals surface area contributed by atoms with Crippen molar-refractivity contribution in [2.45, 2.75) is 0 Å². The standard InChI is InChI=1S/C20H10Cl2FNO2S2/c21-15-7-1-11(9-16(15)22)17-8-6-14(26-17)10-18-19(25)24(20(27)28-18)13-4-2-12(23)3-5-13/h1-10H. The van der Waals surface area contributed by atoms with E-state index in [-0.39, 0.29) is 11.7 Å². The molecule has 3 aromatic rings. The van der Waals surface area contributed by atoms with E-state index < -0.39 is 0 Å². The van der Waals surface area contributed by atoms with Gasteiger partial charge in [0.05, 0.1) is 20.6 Å². The minimum atomic E-state index is -0.379. The lowest BCUT2D eigenvalue weighted by Gasteiger charge is -2.14. The first-order valence-electron chi connectivity index (χ1n) is 8.01. The van der Waals surface area contributed by atoms with E-state index in [0.717, 1.165) is 17.3 Å². The predicted octanol–water partition coefficient (Wildman–Crippen LogP) is 6.80. The number of halogens is 3. The van der Waals surface area contributed by atoms with Crippen LogP contribution < -0.4 is 4.90 Å². The number of anilines is 1. The van der Waals surface area contributed by atoms with E-state index in [1.54, 1.807) is 36.4 Å². The Morgan fingerprint density at radius 3 is 2.50 bits per heavy atom. The van der Waals surface area contributed by atoms with Crippen LogP contribution in [0.2, 0.25) is 10.0 Å². The monoisotopic (exact) mass is 449 g/mol. The SMILES string of the molecule is O=C1C(=Cc2ccc(-c3ccc(Cl)c(Cl)c3)o2)SC(=S)N1c1ccc(F)cc1. The minimum absolute atomic E-state index is 0.283. The van der Waals surface area contributed by atoms with E-state index in [1.807, 2.05) is 0 Å². The first kappa shape index (κ1) is 19.2. The van der Waals surface area contributed by atoms with E-state index in [1.165, 1.54) is 29.2 Å². The van der Waals surface area contributed by atoms with Gasteiger partial charge in [0.25, 0.3) is 5.91 Å². The summed E-state index contributed by atoms with van der Waals surface area (Å²) in [5.74, 6) is 0.434. The van der Waals surface area contributed by atoms with Crippen molar-refractivity contribution in [2.24, 2.45) is 0 Å². The summed E-state index contributed by atoms with van der Waals surface area (Å²) in [6.45, 7) is 0. The number of thioether (sulfide) groups is 1. The fourth-order valence-electron chi connectivity index (χ4n) is 2.64. The predicted molar refractivity (Wildman–Crippen MR) is 116 cm³/mol. The molecule has 0 aliphatic carbocycles. The van der Waals surface area contributed by atoms with Gasteiger partial charge in [0, 0.05) is 11.6 Å². The molecule has 1 aliphatic heterocycles. The quantitative estimate of drug-likeness (QED) is 0.325. The normalized spacial score (nSPS) is 15.7. The van der Waals surface area contributed by atoms with Crippen LogP contribution in [-0.2, 0) is 4.79 Å².